The first-order valence-corrected chi connectivity index (χ1v) is 9.02. The van der Waals surface area contributed by atoms with Gasteiger partial charge in [-0.05, 0) is 47.1 Å². The zero-order chi connectivity index (χ0) is 18.0. The second-order valence-electron chi connectivity index (χ2n) is 5.47. The summed E-state index contributed by atoms with van der Waals surface area (Å²) < 4.78 is 42.9. The number of carbonyl (C=O) groups is 1. The van der Waals surface area contributed by atoms with E-state index < -0.39 is 27.3 Å². The number of benzene rings is 2. The number of hydrogen-bond acceptors (Lipinski definition) is 6. The maximum absolute atomic E-state index is 13.5. The summed E-state index contributed by atoms with van der Waals surface area (Å²) in [5, 5.41) is 9.66. The van der Waals surface area contributed by atoms with Gasteiger partial charge in [-0.1, -0.05) is 12.1 Å². The number of aromatic nitrogens is 2. The van der Waals surface area contributed by atoms with Crippen LogP contribution in [0.4, 0.5) is 10.1 Å². The van der Waals surface area contributed by atoms with Gasteiger partial charge >= 0.3 is 0 Å². The van der Waals surface area contributed by atoms with Gasteiger partial charge in [0.1, 0.15) is 11.3 Å². The van der Waals surface area contributed by atoms with E-state index in [-0.39, 0.29) is 22.5 Å². The number of anilines is 1. The van der Waals surface area contributed by atoms with Gasteiger partial charge in [0.25, 0.3) is 0 Å². The van der Waals surface area contributed by atoms with Crippen molar-refractivity contribution in [2.45, 2.75) is 18.2 Å². The Morgan fingerprint density at radius 2 is 2.04 bits per heavy atom. The molecule has 0 aliphatic carbocycles. The molecule has 3 aromatic rings. The van der Waals surface area contributed by atoms with E-state index in [1.807, 2.05) is 0 Å². The predicted molar refractivity (Wildman–Crippen MR) is 88.2 cm³/mol. The van der Waals surface area contributed by atoms with Gasteiger partial charge in [0, 0.05) is 12.1 Å². The fraction of sp³-hybridized carbons (Fsp3) is 0.188. The number of amides is 1. The molecule has 2 aromatic carbocycles. The molecule has 7 nitrogen and oxygen atoms in total. The molecule has 0 spiro atoms. The molecule has 0 saturated carbocycles. The minimum absolute atomic E-state index is 0.0413. The fourth-order valence-electron chi connectivity index (χ4n) is 2.26. The van der Waals surface area contributed by atoms with Crippen LogP contribution in [-0.4, -0.2) is 30.4 Å². The number of fused-ring (bicyclic) bond motifs is 1. The average molecular weight is 363 g/mol. The van der Waals surface area contributed by atoms with Gasteiger partial charge in [0.2, 0.25) is 5.91 Å². The first kappa shape index (κ1) is 17.0. The lowest BCUT2D eigenvalue weighted by Crippen LogP contribution is -2.17. The van der Waals surface area contributed by atoms with Gasteiger partial charge in [0.15, 0.2) is 15.4 Å². The zero-order valence-electron chi connectivity index (χ0n) is 13.2. The molecule has 25 heavy (non-hydrogen) atoms. The van der Waals surface area contributed by atoms with Crippen molar-refractivity contribution in [1.29, 1.82) is 0 Å². The summed E-state index contributed by atoms with van der Waals surface area (Å²) in [6.45, 7) is 1.60. The monoisotopic (exact) mass is 363 g/mol. The standard InChI is InChI=1S/C16H14FN3O4S/c1-10-5-6-11(9-12(10)17)18-15(21)7-8-25(22,23)14-4-2-3-13-16(14)20-24-19-13/h2-6,9H,7-8H2,1H3,(H,18,21). The van der Waals surface area contributed by atoms with Crippen LogP contribution in [0.5, 0.6) is 0 Å². The summed E-state index contributed by atoms with van der Waals surface area (Å²) >= 11 is 0. The molecule has 0 bridgehead atoms. The Labute approximate surface area is 142 Å². The summed E-state index contributed by atoms with van der Waals surface area (Å²) in [7, 11) is -3.76. The van der Waals surface area contributed by atoms with Crippen LogP contribution in [-0.2, 0) is 14.6 Å². The maximum atomic E-state index is 13.5. The Balaban J connectivity index is 1.70. The van der Waals surface area contributed by atoms with Crippen molar-refractivity contribution in [3.8, 4) is 0 Å². The SMILES string of the molecule is Cc1ccc(NC(=O)CCS(=O)(=O)c2cccc3nonc23)cc1F. The summed E-state index contributed by atoms with van der Waals surface area (Å²) in [5.74, 6) is -1.40. The third kappa shape index (κ3) is 3.66. The number of nitrogens with one attached hydrogen (secondary N) is 1. The smallest absolute Gasteiger partial charge is 0.225 e. The largest absolute Gasteiger partial charge is 0.326 e. The molecule has 1 amide bonds. The highest BCUT2D eigenvalue weighted by Crippen LogP contribution is 2.21. The van der Waals surface area contributed by atoms with Crippen LogP contribution in [0.1, 0.15) is 12.0 Å². The fourth-order valence-corrected chi connectivity index (χ4v) is 3.66. The lowest BCUT2D eigenvalue weighted by Gasteiger charge is -2.07. The first-order chi connectivity index (χ1) is 11.9. The summed E-state index contributed by atoms with van der Waals surface area (Å²) in [5.41, 5.74) is 1.17. The molecule has 1 heterocycles. The van der Waals surface area contributed by atoms with Gasteiger partial charge in [0.05, 0.1) is 10.6 Å². The van der Waals surface area contributed by atoms with Crippen molar-refractivity contribution in [1.82, 2.24) is 10.3 Å². The van der Waals surface area contributed by atoms with Crippen LogP contribution >= 0.6 is 0 Å². The lowest BCUT2D eigenvalue weighted by atomic mass is 10.2. The molecule has 0 aliphatic heterocycles. The highest BCUT2D eigenvalue weighted by Gasteiger charge is 2.21. The number of nitrogens with zero attached hydrogens (tertiary/aromatic N) is 2. The van der Waals surface area contributed by atoms with Gasteiger partial charge in [-0.2, -0.15) is 0 Å². The summed E-state index contributed by atoms with van der Waals surface area (Å²) in [6.07, 6.45) is -0.278. The van der Waals surface area contributed by atoms with Crippen molar-refractivity contribution in [3.05, 3.63) is 47.8 Å². The molecule has 0 aliphatic rings. The summed E-state index contributed by atoms with van der Waals surface area (Å²) in [6, 6.07) is 8.74. The highest BCUT2D eigenvalue weighted by atomic mass is 32.2. The maximum Gasteiger partial charge on any atom is 0.225 e. The molecule has 0 unspecified atom stereocenters. The Kier molecular flexibility index (Phi) is 4.49. The minimum atomic E-state index is -3.76. The number of hydrogen-bond donors (Lipinski definition) is 1. The van der Waals surface area contributed by atoms with E-state index in [1.165, 1.54) is 24.3 Å². The van der Waals surface area contributed by atoms with E-state index in [1.54, 1.807) is 19.1 Å². The highest BCUT2D eigenvalue weighted by molar-refractivity contribution is 7.91. The predicted octanol–water partition coefficient (Wildman–Crippen LogP) is 2.47. The van der Waals surface area contributed by atoms with E-state index in [0.717, 1.165) is 0 Å². The van der Waals surface area contributed by atoms with Crippen LogP contribution in [0.25, 0.3) is 11.0 Å². The normalized spacial score (nSPS) is 11.6. The van der Waals surface area contributed by atoms with Gasteiger partial charge in [-0.25, -0.2) is 17.4 Å². The first-order valence-electron chi connectivity index (χ1n) is 7.37. The van der Waals surface area contributed by atoms with Crippen LogP contribution in [0, 0.1) is 12.7 Å². The number of aryl methyl sites for hydroxylation is 1. The van der Waals surface area contributed by atoms with E-state index >= 15 is 0 Å². The molecule has 0 atom stereocenters. The van der Waals surface area contributed by atoms with Gasteiger partial charge in [-0.15, -0.1) is 0 Å². The third-order valence-corrected chi connectivity index (χ3v) is 5.38. The molecule has 0 saturated heterocycles. The van der Waals surface area contributed by atoms with Gasteiger partial charge in [-0.3, -0.25) is 4.79 Å². The van der Waals surface area contributed by atoms with Crippen LogP contribution in [0.2, 0.25) is 0 Å². The van der Waals surface area contributed by atoms with E-state index in [0.29, 0.717) is 11.1 Å². The van der Waals surface area contributed by atoms with Crippen molar-refractivity contribution >= 4 is 32.5 Å². The van der Waals surface area contributed by atoms with Crippen LogP contribution < -0.4 is 5.32 Å². The lowest BCUT2D eigenvalue weighted by molar-refractivity contribution is -0.115. The van der Waals surface area contributed by atoms with Crippen LogP contribution in [0.3, 0.4) is 0 Å². The number of halogens is 1. The van der Waals surface area contributed by atoms with Crippen molar-refractivity contribution < 1.29 is 22.2 Å². The van der Waals surface area contributed by atoms with Gasteiger partial charge < -0.3 is 5.32 Å². The van der Waals surface area contributed by atoms with Crippen LogP contribution in [0.15, 0.2) is 45.9 Å². The molecular formula is C16H14FN3O4S. The Morgan fingerprint density at radius 1 is 1.24 bits per heavy atom. The molecule has 9 heteroatoms. The molecule has 1 aromatic heterocycles. The Morgan fingerprint density at radius 3 is 2.80 bits per heavy atom. The number of carbonyl (C=O) groups excluding carboxylic acids is 1. The average Bonchev–Trinajstić information content (AvgIpc) is 3.05. The minimum Gasteiger partial charge on any atom is -0.326 e. The molecule has 3 rings (SSSR count). The third-order valence-electron chi connectivity index (χ3n) is 3.64. The molecule has 1 N–H and O–H groups in total. The molecule has 130 valence electrons. The molecule has 0 fully saturated rings. The number of rotatable bonds is 5. The Hall–Kier alpha value is -2.81. The van der Waals surface area contributed by atoms with Crippen molar-refractivity contribution in [2.24, 2.45) is 0 Å². The van der Waals surface area contributed by atoms with E-state index in [4.69, 9.17) is 0 Å². The topological polar surface area (TPSA) is 102 Å². The van der Waals surface area contributed by atoms with E-state index in [9.17, 15) is 17.6 Å². The molecular weight excluding hydrogens is 349 g/mol. The van der Waals surface area contributed by atoms with Crippen molar-refractivity contribution in [3.63, 3.8) is 0 Å². The number of sulfone groups is 1. The summed E-state index contributed by atoms with van der Waals surface area (Å²) in [4.78, 5) is 11.9. The Bertz CT molecular complexity index is 1050. The molecule has 0 radical (unpaired) electrons. The quantitative estimate of drug-likeness (QED) is 0.747. The second-order valence-corrected chi connectivity index (χ2v) is 7.55. The zero-order valence-corrected chi connectivity index (χ0v) is 14.0. The van der Waals surface area contributed by atoms with Crippen molar-refractivity contribution in [2.75, 3.05) is 11.1 Å². The van der Waals surface area contributed by atoms with E-state index in [2.05, 4.69) is 20.3 Å². The second kappa shape index (κ2) is 6.60.